The monoisotopic (exact) mass is 513 g/mol. The van der Waals surface area contributed by atoms with Gasteiger partial charge >= 0.3 is 6.09 Å². The molecule has 0 bridgehead atoms. The van der Waals surface area contributed by atoms with Gasteiger partial charge in [-0.1, -0.05) is 26.0 Å². The first-order valence-electron chi connectivity index (χ1n) is 13.5. The average Bonchev–Trinajstić information content (AvgIpc) is 3.53. The Kier molecular flexibility index (Phi) is 7.31. The summed E-state index contributed by atoms with van der Waals surface area (Å²) < 4.78 is 0. The van der Waals surface area contributed by atoms with Gasteiger partial charge in [-0.2, -0.15) is 0 Å². The number of carbonyl (C=O) groups is 3. The van der Waals surface area contributed by atoms with E-state index in [-0.39, 0.29) is 18.2 Å². The highest BCUT2D eigenvalue weighted by Crippen LogP contribution is 2.35. The second-order valence-corrected chi connectivity index (χ2v) is 11.3. The van der Waals surface area contributed by atoms with Crippen molar-refractivity contribution in [3.8, 4) is 0 Å². The quantitative estimate of drug-likeness (QED) is 0.642. The van der Waals surface area contributed by atoms with Crippen LogP contribution in [0.4, 0.5) is 10.5 Å². The van der Waals surface area contributed by atoms with Gasteiger partial charge in [-0.3, -0.25) is 14.5 Å². The van der Waals surface area contributed by atoms with Gasteiger partial charge in [0, 0.05) is 84.4 Å². The standard InChI is InChI=1S/C27H39N5O5/c1-18(2)20-4-5-21(24(12-20)30-10-8-29(9-11-30)19(3)33)13-28-14-22-16-31(17-23(22)15-28)27(36)37-32-25(34)6-7-26(32)35/h4-5,12,18,22-23,25,34H,6-11,13-17H2,1-3H3. The van der Waals surface area contributed by atoms with Crippen LogP contribution in [-0.2, 0) is 21.0 Å². The molecule has 3 atom stereocenters. The molecule has 1 aromatic rings. The molecule has 4 heterocycles. The van der Waals surface area contributed by atoms with Gasteiger partial charge in [-0.15, -0.1) is 5.06 Å². The molecule has 0 radical (unpaired) electrons. The third kappa shape index (κ3) is 5.40. The number of rotatable bonds is 5. The lowest BCUT2D eigenvalue weighted by Crippen LogP contribution is -2.48. The fraction of sp³-hybridized carbons (Fsp3) is 0.667. The van der Waals surface area contributed by atoms with Gasteiger partial charge in [0.05, 0.1) is 0 Å². The lowest BCUT2D eigenvalue weighted by Gasteiger charge is -2.37. The van der Waals surface area contributed by atoms with Crippen molar-refractivity contribution in [2.24, 2.45) is 11.8 Å². The number of amides is 3. The highest BCUT2D eigenvalue weighted by molar-refractivity contribution is 5.79. The lowest BCUT2D eigenvalue weighted by molar-refractivity contribution is -0.193. The van der Waals surface area contributed by atoms with Crippen LogP contribution in [0.3, 0.4) is 0 Å². The number of aliphatic hydroxyl groups is 1. The fourth-order valence-electron chi connectivity index (χ4n) is 6.14. The van der Waals surface area contributed by atoms with E-state index in [0.717, 1.165) is 50.9 Å². The Balaban J connectivity index is 1.20. The lowest BCUT2D eigenvalue weighted by atomic mass is 9.99. The van der Waals surface area contributed by atoms with E-state index in [2.05, 4.69) is 41.8 Å². The summed E-state index contributed by atoms with van der Waals surface area (Å²) in [5, 5.41) is 10.7. The van der Waals surface area contributed by atoms with Crippen LogP contribution in [0.15, 0.2) is 18.2 Å². The van der Waals surface area contributed by atoms with E-state index in [1.54, 1.807) is 11.8 Å². The number of hydrogen-bond acceptors (Lipinski definition) is 7. The number of aliphatic hydroxyl groups excluding tert-OH is 1. The molecule has 4 fully saturated rings. The maximum absolute atomic E-state index is 12.6. The Morgan fingerprint density at radius 2 is 1.70 bits per heavy atom. The topological polar surface area (TPSA) is 96.9 Å². The minimum atomic E-state index is -1.05. The highest BCUT2D eigenvalue weighted by atomic mass is 16.7. The molecule has 37 heavy (non-hydrogen) atoms. The zero-order valence-corrected chi connectivity index (χ0v) is 22.1. The van der Waals surface area contributed by atoms with Crippen molar-refractivity contribution in [3.63, 3.8) is 0 Å². The second kappa shape index (κ2) is 10.5. The molecule has 10 nitrogen and oxygen atoms in total. The molecule has 1 N–H and O–H groups in total. The molecule has 0 spiro atoms. The summed E-state index contributed by atoms with van der Waals surface area (Å²) in [4.78, 5) is 50.0. The van der Waals surface area contributed by atoms with Crippen LogP contribution in [0.25, 0.3) is 0 Å². The number of carbonyl (C=O) groups excluding carboxylic acids is 3. The van der Waals surface area contributed by atoms with Crippen LogP contribution in [0.5, 0.6) is 0 Å². The molecule has 10 heteroatoms. The molecule has 4 saturated heterocycles. The second-order valence-electron chi connectivity index (χ2n) is 11.3. The summed E-state index contributed by atoms with van der Waals surface area (Å²) in [6.07, 6.45) is -1.11. The van der Waals surface area contributed by atoms with Crippen molar-refractivity contribution in [2.45, 2.75) is 52.3 Å². The van der Waals surface area contributed by atoms with E-state index in [1.165, 1.54) is 16.8 Å². The van der Waals surface area contributed by atoms with Gasteiger partial charge in [0.15, 0.2) is 6.23 Å². The maximum Gasteiger partial charge on any atom is 0.434 e. The first-order valence-corrected chi connectivity index (χ1v) is 13.5. The van der Waals surface area contributed by atoms with Crippen LogP contribution >= 0.6 is 0 Å². The van der Waals surface area contributed by atoms with Crippen LogP contribution in [0.2, 0.25) is 0 Å². The Morgan fingerprint density at radius 3 is 2.27 bits per heavy atom. The SMILES string of the molecule is CC(=O)N1CCN(c2cc(C(C)C)ccc2CN2CC3CN(C(=O)ON4C(=O)CCC4O)CC3C2)CC1. The van der Waals surface area contributed by atoms with Crippen molar-refractivity contribution in [2.75, 3.05) is 57.3 Å². The summed E-state index contributed by atoms with van der Waals surface area (Å²) in [6, 6.07) is 6.82. The van der Waals surface area contributed by atoms with Crippen molar-refractivity contribution in [3.05, 3.63) is 29.3 Å². The zero-order valence-electron chi connectivity index (χ0n) is 22.1. The minimum Gasteiger partial charge on any atom is -0.370 e. The van der Waals surface area contributed by atoms with Crippen LogP contribution < -0.4 is 4.90 Å². The molecule has 0 saturated carbocycles. The summed E-state index contributed by atoms with van der Waals surface area (Å²) in [5.74, 6) is 0.961. The summed E-state index contributed by atoms with van der Waals surface area (Å²) >= 11 is 0. The van der Waals surface area contributed by atoms with Crippen molar-refractivity contribution in [1.29, 1.82) is 0 Å². The average molecular weight is 514 g/mol. The smallest absolute Gasteiger partial charge is 0.370 e. The summed E-state index contributed by atoms with van der Waals surface area (Å²) in [6.45, 7) is 13.1. The number of hydrogen-bond donors (Lipinski definition) is 1. The molecule has 3 amide bonds. The molecule has 3 unspecified atom stereocenters. The van der Waals surface area contributed by atoms with Crippen LogP contribution in [0, 0.1) is 11.8 Å². The van der Waals surface area contributed by atoms with Crippen molar-refractivity contribution in [1.82, 2.24) is 19.8 Å². The Hall–Kier alpha value is -2.85. The summed E-state index contributed by atoms with van der Waals surface area (Å²) in [7, 11) is 0. The molecule has 4 aliphatic rings. The predicted octanol–water partition coefficient (Wildman–Crippen LogP) is 1.83. The first kappa shape index (κ1) is 25.8. The maximum atomic E-state index is 12.6. The number of piperazine rings is 1. The molecular formula is C27H39N5O5. The number of fused-ring (bicyclic) bond motifs is 1. The van der Waals surface area contributed by atoms with Gasteiger partial charge in [0.2, 0.25) is 5.91 Å². The zero-order chi connectivity index (χ0) is 26.3. The van der Waals surface area contributed by atoms with E-state index in [0.29, 0.717) is 37.3 Å². The van der Waals surface area contributed by atoms with E-state index >= 15 is 0 Å². The molecule has 4 aliphatic heterocycles. The molecular weight excluding hydrogens is 474 g/mol. The predicted molar refractivity (Wildman–Crippen MR) is 137 cm³/mol. The third-order valence-corrected chi connectivity index (χ3v) is 8.37. The Morgan fingerprint density at radius 1 is 1.03 bits per heavy atom. The number of anilines is 1. The van der Waals surface area contributed by atoms with Crippen molar-refractivity contribution < 1.29 is 24.3 Å². The number of likely N-dealkylation sites (tertiary alicyclic amines) is 2. The van der Waals surface area contributed by atoms with Crippen molar-refractivity contribution >= 4 is 23.6 Å². The van der Waals surface area contributed by atoms with Crippen LogP contribution in [-0.4, -0.2) is 101 Å². The first-order chi connectivity index (χ1) is 17.7. The molecule has 0 aromatic heterocycles. The minimum absolute atomic E-state index is 0.139. The Bertz CT molecular complexity index is 1030. The number of hydroxylamine groups is 2. The molecule has 1 aromatic carbocycles. The normalized spacial score (nSPS) is 26.4. The van der Waals surface area contributed by atoms with Gasteiger partial charge in [-0.05, 0) is 34.9 Å². The summed E-state index contributed by atoms with van der Waals surface area (Å²) in [5.41, 5.74) is 3.89. The Labute approximate surface area is 218 Å². The van der Waals surface area contributed by atoms with E-state index in [4.69, 9.17) is 4.84 Å². The van der Waals surface area contributed by atoms with Gasteiger partial charge in [-0.25, -0.2) is 4.79 Å². The third-order valence-electron chi connectivity index (χ3n) is 8.37. The fourth-order valence-corrected chi connectivity index (χ4v) is 6.14. The van der Waals surface area contributed by atoms with Crippen LogP contribution in [0.1, 0.15) is 50.7 Å². The number of nitrogens with zero attached hydrogens (tertiary/aromatic N) is 5. The highest BCUT2D eigenvalue weighted by Gasteiger charge is 2.43. The molecule has 202 valence electrons. The van der Waals surface area contributed by atoms with E-state index < -0.39 is 12.3 Å². The van der Waals surface area contributed by atoms with Gasteiger partial charge in [0.25, 0.3) is 5.91 Å². The molecule has 0 aliphatic carbocycles. The van der Waals surface area contributed by atoms with Gasteiger partial charge < -0.3 is 24.6 Å². The van der Waals surface area contributed by atoms with Gasteiger partial charge in [0.1, 0.15) is 0 Å². The largest absolute Gasteiger partial charge is 0.434 e. The van der Waals surface area contributed by atoms with E-state index in [9.17, 15) is 19.5 Å². The van der Waals surface area contributed by atoms with E-state index in [1.807, 2.05) is 4.90 Å². The number of benzene rings is 1. The molecule has 5 rings (SSSR count).